The van der Waals surface area contributed by atoms with Gasteiger partial charge in [0.05, 0.1) is 5.97 Å². The molecule has 0 aliphatic carbocycles. The molecule has 3 heteroatoms. The first-order valence-corrected chi connectivity index (χ1v) is 5.34. The van der Waals surface area contributed by atoms with Crippen molar-refractivity contribution in [2.45, 2.75) is 19.8 Å². The first-order valence-electron chi connectivity index (χ1n) is 5.34. The number of benzene rings is 2. The van der Waals surface area contributed by atoms with E-state index in [4.69, 9.17) is 0 Å². The summed E-state index contributed by atoms with van der Waals surface area (Å²) in [5.74, 6) is -0.919. The third-order valence-corrected chi connectivity index (χ3v) is 2.79. The summed E-state index contributed by atoms with van der Waals surface area (Å²) < 4.78 is 0. The van der Waals surface area contributed by atoms with Crippen LogP contribution in [0.1, 0.15) is 35.7 Å². The Morgan fingerprint density at radius 3 is 2.35 bits per heavy atom. The van der Waals surface area contributed by atoms with Gasteiger partial charge in [-0.1, -0.05) is 50.2 Å². The zero-order chi connectivity index (χ0) is 11.7. The molecule has 0 N–H and O–H groups in total. The molecule has 0 heterocycles. The summed E-state index contributed by atoms with van der Waals surface area (Å²) in [5.41, 5.74) is 1.16. The van der Waals surface area contributed by atoms with Crippen molar-refractivity contribution in [3.05, 3.63) is 47.5 Å². The van der Waals surface area contributed by atoms with E-state index < -0.39 is 5.97 Å². The number of fused-ring (bicyclic) bond motifs is 1. The van der Waals surface area contributed by atoms with E-state index in [1.165, 1.54) is 0 Å². The molecule has 0 unspecified atom stereocenters. The molecule has 0 aliphatic rings. The van der Waals surface area contributed by atoms with Gasteiger partial charge in [0.1, 0.15) is 0 Å². The number of hydrogen-bond acceptors (Lipinski definition) is 2. The van der Waals surface area contributed by atoms with Gasteiger partial charge in [0, 0.05) is 5.56 Å². The zero-order valence-electron chi connectivity index (χ0n) is 10.4. The van der Waals surface area contributed by atoms with E-state index in [9.17, 15) is 9.90 Å². The van der Waals surface area contributed by atoms with E-state index in [1.807, 2.05) is 50.2 Å². The molecule has 0 spiro atoms. The number of rotatable bonds is 2. The third kappa shape index (κ3) is 2.71. The van der Waals surface area contributed by atoms with Gasteiger partial charge in [-0.2, -0.15) is 0 Å². The van der Waals surface area contributed by atoms with Crippen LogP contribution in [-0.4, -0.2) is 5.97 Å². The first kappa shape index (κ1) is 14.2. The summed E-state index contributed by atoms with van der Waals surface area (Å²) in [4.78, 5) is 11.2. The van der Waals surface area contributed by atoms with Crippen LogP contribution >= 0.6 is 0 Å². The van der Waals surface area contributed by atoms with Gasteiger partial charge < -0.3 is 9.90 Å². The maximum atomic E-state index is 11.2. The molecule has 0 bridgehead atoms. The summed E-state index contributed by atoms with van der Waals surface area (Å²) in [6.07, 6.45) is 0. The smallest absolute Gasteiger partial charge is 0.545 e. The van der Waals surface area contributed by atoms with Crippen LogP contribution in [0.2, 0.25) is 0 Å². The predicted molar refractivity (Wildman–Crippen MR) is 62.4 cm³/mol. The molecule has 82 valence electrons. The Kier molecular flexibility index (Phi) is 4.75. The summed E-state index contributed by atoms with van der Waals surface area (Å²) >= 11 is 0. The number of carboxylic acids is 1. The van der Waals surface area contributed by atoms with Gasteiger partial charge in [0.25, 0.3) is 0 Å². The van der Waals surface area contributed by atoms with Crippen molar-refractivity contribution in [1.82, 2.24) is 0 Å². The Labute approximate surface area is 123 Å². The molecule has 2 aromatic rings. The fourth-order valence-corrected chi connectivity index (χ4v) is 2.00. The third-order valence-electron chi connectivity index (χ3n) is 2.79. The van der Waals surface area contributed by atoms with Crippen molar-refractivity contribution in [2.75, 3.05) is 0 Å². The van der Waals surface area contributed by atoms with Crippen molar-refractivity contribution >= 4 is 16.7 Å². The number of hydrogen-bond donors (Lipinski definition) is 0. The van der Waals surface area contributed by atoms with E-state index in [2.05, 4.69) is 0 Å². The van der Waals surface area contributed by atoms with Gasteiger partial charge >= 0.3 is 29.6 Å². The SMILES string of the molecule is CC(C)c1ccc2ccccc2c1C(=O)[O-].[Na+]. The molecular weight excluding hydrogens is 223 g/mol. The van der Waals surface area contributed by atoms with Gasteiger partial charge in [-0.25, -0.2) is 0 Å². The van der Waals surface area contributed by atoms with Crippen LogP contribution in [0.3, 0.4) is 0 Å². The van der Waals surface area contributed by atoms with E-state index >= 15 is 0 Å². The van der Waals surface area contributed by atoms with Gasteiger partial charge in [0.2, 0.25) is 0 Å². The van der Waals surface area contributed by atoms with Crippen LogP contribution in [0.5, 0.6) is 0 Å². The fourth-order valence-electron chi connectivity index (χ4n) is 2.00. The van der Waals surface area contributed by atoms with E-state index in [0.29, 0.717) is 5.56 Å². The summed E-state index contributed by atoms with van der Waals surface area (Å²) in [5, 5.41) is 12.9. The standard InChI is InChI=1S/C14H14O2.Na/c1-9(2)11-8-7-10-5-3-4-6-12(10)13(11)14(15)16;/h3-9H,1-2H3,(H,15,16);/q;+1/p-1. The quantitative estimate of drug-likeness (QED) is 0.649. The second-order valence-corrected chi connectivity index (χ2v) is 4.19. The van der Waals surface area contributed by atoms with Gasteiger partial charge in [-0.05, 0) is 22.3 Å². The van der Waals surface area contributed by atoms with Crippen LogP contribution in [0.4, 0.5) is 0 Å². The molecule has 0 fully saturated rings. The summed E-state index contributed by atoms with van der Waals surface area (Å²) in [7, 11) is 0. The maximum absolute atomic E-state index is 11.2. The monoisotopic (exact) mass is 236 g/mol. The number of carbonyl (C=O) groups is 1. The summed E-state index contributed by atoms with van der Waals surface area (Å²) in [6.45, 7) is 3.97. The molecule has 17 heavy (non-hydrogen) atoms. The van der Waals surface area contributed by atoms with Crippen molar-refractivity contribution in [1.29, 1.82) is 0 Å². The van der Waals surface area contributed by atoms with E-state index in [0.717, 1.165) is 16.3 Å². The summed E-state index contributed by atoms with van der Waals surface area (Å²) in [6, 6.07) is 11.3. The average Bonchev–Trinajstić information content (AvgIpc) is 2.27. The molecule has 2 nitrogen and oxygen atoms in total. The number of aromatic carboxylic acids is 1. The van der Waals surface area contributed by atoms with E-state index in [-0.39, 0.29) is 35.5 Å². The fraction of sp³-hybridized carbons (Fsp3) is 0.214. The second kappa shape index (κ2) is 5.67. The first-order chi connectivity index (χ1) is 7.61. The van der Waals surface area contributed by atoms with Crippen molar-refractivity contribution < 1.29 is 39.5 Å². The van der Waals surface area contributed by atoms with Crippen molar-refractivity contribution in [2.24, 2.45) is 0 Å². The minimum absolute atomic E-state index is 0. The molecule has 0 saturated heterocycles. The van der Waals surface area contributed by atoms with Gasteiger partial charge in [-0.3, -0.25) is 0 Å². The molecule has 0 radical (unpaired) electrons. The Bertz CT molecular complexity index is 547. The predicted octanol–water partition coefficient (Wildman–Crippen LogP) is -0.669. The van der Waals surface area contributed by atoms with Gasteiger partial charge in [-0.15, -0.1) is 0 Å². The molecule has 2 aromatic carbocycles. The molecule has 0 aliphatic heterocycles. The molecule has 0 atom stereocenters. The Morgan fingerprint density at radius 2 is 1.76 bits per heavy atom. The minimum atomic E-state index is -1.10. The molecular formula is C14H13NaO2. The van der Waals surface area contributed by atoms with Crippen molar-refractivity contribution in [3.8, 4) is 0 Å². The molecule has 0 amide bonds. The van der Waals surface area contributed by atoms with Crippen LogP contribution in [0.15, 0.2) is 36.4 Å². The number of carboxylic acid groups (broad SMARTS) is 1. The Balaban J connectivity index is 0.00000144. The molecule has 2 rings (SSSR count). The van der Waals surface area contributed by atoms with Crippen LogP contribution in [0, 0.1) is 0 Å². The Hall–Kier alpha value is -0.830. The molecule has 0 saturated carbocycles. The zero-order valence-corrected chi connectivity index (χ0v) is 12.4. The topological polar surface area (TPSA) is 40.1 Å². The largest absolute Gasteiger partial charge is 1.00 e. The van der Waals surface area contributed by atoms with E-state index in [1.54, 1.807) is 0 Å². The Morgan fingerprint density at radius 1 is 1.12 bits per heavy atom. The average molecular weight is 236 g/mol. The van der Waals surface area contributed by atoms with Crippen molar-refractivity contribution in [3.63, 3.8) is 0 Å². The number of carbonyl (C=O) groups excluding carboxylic acids is 1. The minimum Gasteiger partial charge on any atom is -0.545 e. The second-order valence-electron chi connectivity index (χ2n) is 4.19. The van der Waals surface area contributed by atoms with Crippen LogP contribution in [-0.2, 0) is 0 Å². The molecule has 0 aromatic heterocycles. The van der Waals surface area contributed by atoms with Crippen LogP contribution in [0.25, 0.3) is 10.8 Å². The van der Waals surface area contributed by atoms with Crippen LogP contribution < -0.4 is 34.7 Å². The maximum Gasteiger partial charge on any atom is 1.00 e. The normalized spacial score (nSPS) is 10.3. The van der Waals surface area contributed by atoms with Gasteiger partial charge in [0.15, 0.2) is 0 Å².